The molecule has 3 atom stereocenters. The predicted molar refractivity (Wildman–Crippen MR) is 103 cm³/mol. The zero-order valence-electron chi connectivity index (χ0n) is 14.9. The summed E-state index contributed by atoms with van der Waals surface area (Å²) >= 11 is 0. The Bertz CT molecular complexity index is 620. The molecule has 1 aromatic carbocycles. The van der Waals surface area contributed by atoms with Crippen LogP contribution in [-0.4, -0.2) is 31.1 Å². The molecular formula is C19H28ClN3O3. The van der Waals surface area contributed by atoms with Crippen LogP contribution >= 0.6 is 12.4 Å². The summed E-state index contributed by atoms with van der Waals surface area (Å²) in [5.41, 5.74) is 7.45. The van der Waals surface area contributed by atoms with Gasteiger partial charge in [-0.1, -0.05) is 18.6 Å². The van der Waals surface area contributed by atoms with Gasteiger partial charge in [0, 0.05) is 24.8 Å². The Hall–Kier alpha value is -1.63. The Morgan fingerprint density at radius 1 is 1.15 bits per heavy atom. The van der Waals surface area contributed by atoms with E-state index in [1.54, 1.807) is 0 Å². The summed E-state index contributed by atoms with van der Waals surface area (Å²) in [7, 11) is 0. The second kappa shape index (κ2) is 9.90. The van der Waals surface area contributed by atoms with Gasteiger partial charge in [0.05, 0.1) is 0 Å². The highest BCUT2D eigenvalue weighted by Crippen LogP contribution is 2.31. The van der Waals surface area contributed by atoms with Gasteiger partial charge in [0.2, 0.25) is 5.91 Å². The van der Waals surface area contributed by atoms with Crippen LogP contribution in [-0.2, 0) is 20.9 Å². The minimum Gasteiger partial charge on any atom is -0.368 e. The van der Waals surface area contributed by atoms with Gasteiger partial charge in [-0.05, 0) is 55.8 Å². The average molecular weight is 382 g/mol. The van der Waals surface area contributed by atoms with Gasteiger partial charge in [-0.3, -0.25) is 9.59 Å². The highest BCUT2D eigenvalue weighted by molar-refractivity contribution is 5.94. The Kier molecular flexibility index (Phi) is 7.87. The Balaban J connectivity index is 0.00000243. The molecule has 2 aliphatic rings. The fraction of sp³-hybridized carbons (Fsp3) is 0.579. The third-order valence-electron chi connectivity index (χ3n) is 5.18. The highest BCUT2D eigenvalue weighted by atomic mass is 35.5. The van der Waals surface area contributed by atoms with Gasteiger partial charge in [0.25, 0.3) is 5.91 Å². The molecule has 1 saturated carbocycles. The molecule has 1 heterocycles. The summed E-state index contributed by atoms with van der Waals surface area (Å²) in [5.74, 6) is 0.321. The van der Waals surface area contributed by atoms with Gasteiger partial charge < -0.3 is 21.1 Å². The smallest absolute Gasteiger partial charge is 0.253 e. The summed E-state index contributed by atoms with van der Waals surface area (Å²) in [6.45, 7) is 1.67. The van der Waals surface area contributed by atoms with Crippen molar-refractivity contribution in [1.29, 1.82) is 0 Å². The van der Waals surface area contributed by atoms with Crippen LogP contribution < -0.4 is 16.4 Å². The zero-order chi connectivity index (χ0) is 17.6. The molecule has 1 aromatic rings. The maximum atomic E-state index is 12.4. The van der Waals surface area contributed by atoms with Crippen molar-refractivity contribution in [3.05, 3.63) is 29.8 Å². The van der Waals surface area contributed by atoms with E-state index >= 15 is 0 Å². The third-order valence-corrected chi connectivity index (χ3v) is 5.18. The third kappa shape index (κ3) is 5.19. The van der Waals surface area contributed by atoms with E-state index in [1.807, 2.05) is 24.3 Å². The number of hydrogen-bond donors (Lipinski definition) is 3. The number of hydrogen-bond acceptors (Lipinski definition) is 4. The number of nitrogens with one attached hydrogen (secondary N) is 2. The molecule has 2 amide bonds. The number of nitrogens with two attached hydrogens (primary N) is 1. The van der Waals surface area contributed by atoms with Gasteiger partial charge in [-0.2, -0.15) is 0 Å². The zero-order valence-corrected chi connectivity index (χ0v) is 15.7. The Morgan fingerprint density at radius 3 is 2.73 bits per heavy atom. The van der Waals surface area contributed by atoms with Crippen molar-refractivity contribution in [3.63, 3.8) is 0 Å². The van der Waals surface area contributed by atoms with Crippen LogP contribution in [0.25, 0.3) is 0 Å². The monoisotopic (exact) mass is 381 g/mol. The van der Waals surface area contributed by atoms with Crippen LogP contribution in [0.2, 0.25) is 0 Å². The van der Waals surface area contributed by atoms with Gasteiger partial charge >= 0.3 is 0 Å². The summed E-state index contributed by atoms with van der Waals surface area (Å²) in [6, 6.07) is 7.56. The van der Waals surface area contributed by atoms with Crippen LogP contribution in [0.5, 0.6) is 0 Å². The van der Waals surface area contributed by atoms with Crippen molar-refractivity contribution < 1.29 is 14.3 Å². The second-order valence-corrected chi connectivity index (χ2v) is 6.94. The van der Waals surface area contributed by atoms with Crippen molar-refractivity contribution in [3.8, 4) is 0 Å². The van der Waals surface area contributed by atoms with Gasteiger partial charge in [0.15, 0.2) is 0 Å². The van der Waals surface area contributed by atoms with Crippen LogP contribution in [0.4, 0.5) is 5.69 Å². The molecule has 2 fully saturated rings. The topological polar surface area (TPSA) is 93.5 Å². The number of carbonyl (C=O) groups is 2. The lowest BCUT2D eigenvalue weighted by molar-refractivity contribution is -0.126. The number of amides is 2. The van der Waals surface area contributed by atoms with Crippen LogP contribution in [0.3, 0.4) is 0 Å². The molecule has 4 N–H and O–H groups in total. The lowest BCUT2D eigenvalue weighted by Gasteiger charge is -2.17. The number of carbonyl (C=O) groups excluding carboxylic acids is 2. The fourth-order valence-electron chi connectivity index (χ4n) is 3.75. The minimum atomic E-state index is -0.348. The molecule has 3 rings (SSSR count). The van der Waals surface area contributed by atoms with Crippen LogP contribution in [0.1, 0.15) is 37.7 Å². The van der Waals surface area contributed by atoms with Gasteiger partial charge in [-0.15, -0.1) is 12.4 Å². The molecule has 7 heteroatoms. The summed E-state index contributed by atoms with van der Waals surface area (Å²) in [4.78, 5) is 24.5. The standard InChI is InChI=1S/C19H27N3O3.ClH/c20-11-14-5-2-7-16(14)18(23)21-12-13-4-1-6-15(10-13)22-19(24)17-8-3-9-25-17;/h1,4,6,10,14,16-17H,2-3,5,7-9,11-12,20H2,(H,21,23)(H,22,24);1H/t14-,16-,17?;/m1./s1. The molecule has 1 aliphatic carbocycles. The van der Waals surface area contributed by atoms with E-state index in [0.717, 1.165) is 43.4 Å². The Labute approximate surface area is 160 Å². The summed E-state index contributed by atoms with van der Waals surface area (Å²) in [6.07, 6.45) is 4.38. The fourth-order valence-corrected chi connectivity index (χ4v) is 3.75. The molecule has 1 unspecified atom stereocenters. The van der Waals surface area contributed by atoms with Crippen molar-refractivity contribution in [1.82, 2.24) is 5.32 Å². The van der Waals surface area contributed by atoms with Crippen molar-refractivity contribution in [2.75, 3.05) is 18.5 Å². The van der Waals surface area contributed by atoms with Crippen molar-refractivity contribution in [2.45, 2.75) is 44.8 Å². The first-order chi connectivity index (χ1) is 12.2. The predicted octanol–water partition coefficient (Wildman–Crippen LogP) is 2.22. The SMILES string of the molecule is Cl.NC[C@H]1CCC[C@H]1C(=O)NCc1cccc(NC(=O)C2CCCO2)c1. The number of ether oxygens (including phenoxy) is 1. The number of rotatable bonds is 6. The average Bonchev–Trinajstić information content (AvgIpc) is 3.31. The minimum absolute atomic E-state index is 0. The summed E-state index contributed by atoms with van der Waals surface area (Å²) in [5, 5.41) is 5.90. The van der Waals surface area contributed by atoms with Crippen LogP contribution in [0.15, 0.2) is 24.3 Å². The lowest BCUT2D eigenvalue weighted by Crippen LogP contribution is -2.34. The van der Waals surface area contributed by atoms with Gasteiger partial charge in [-0.25, -0.2) is 0 Å². The first-order valence-corrected chi connectivity index (χ1v) is 9.16. The van der Waals surface area contributed by atoms with E-state index in [4.69, 9.17) is 10.5 Å². The van der Waals surface area contributed by atoms with Crippen molar-refractivity contribution in [2.24, 2.45) is 17.6 Å². The van der Waals surface area contributed by atoms with E-state index in [0.29, 0.717) is 25.6 Å². The molecule has 26 heavy (non-hydrogen) atoms. The molecule has 0 aromatic heterocycles. The maximum absolute atomic E-state index is 12.4. The highest BCUT2D eigenvalue weighted by Gasteiger charge is 2.31. The molecule has 144 valence electrons. The van der Waals surface area contributed by atoms with Gasteiger partial charge in [0.1, 0.15) is 6.10 Å². The molecule has 0 spiro atoms. The van der Waals surface area contributed by atoms with Crippen LogP contribution in [0, 0.1) is 11.8 Å². The van der Waals surface area contributed by atoms with E-state index in [1.165, 1.54) is 0 Å². The number of halogens is 1. The van der Waals surface area contributed by atoms with E-state index in [2.05, 4.69) is 10.6 Å². The first-order valence-electron chi connectivity index (χ1n) is 9.16. The quantitative estimate of drug-likeness (QED) is 0.704. The molecule has 1 aliphatic heterocycles. The Morgan fingerprint density at radius 2 is 2.00 bits per heavy atom. The first kappa shape index (κ1) is 20.7. The lowest BCUT2D eigenvalue weighted by atomic mass is 9.95. The molecule has 1 saturated heterocycles. The normalized spacial score (nSPS) is 24.7. The summed E-state index contributed by atoms with van der Waals surface area (Å²) < 4.78 is 5.39. The molecular weight excluding hydrogens is 354 g/mol. The molecule has 6 nitrogen and oxygen atoms in total. The maximum Gasteiger partial charge on any atom is 0.253 e. The molecule has 0 radical (unpaired) electrons. The second-order valence-electron chi connectivity index (χ2n) is 6.94. The number of benzene rings is 1. The van der Waals surface area contributed by atoms with E-state index in [-0.39, 0.29) is 36.2 Å². The number of anilines is 1. The largest absolute Gasteiger partial charge is 0.368 e. The van der Waals surface area contributed by atoms with E-state index in [9.17, 15) is 9.59 Å². The van der Waals surface area contributed by atoms with Crippen molar-refractivity contribution >= 4 is 29.9 Å². The van der Waals surface area contributed by atoms with E-state index < -0.39 is 0 Å². The molecule has 0 bridgehead atoms.